The zero-order valence-electron chi connectivity index (χ0n) is 9.35. The van der Waals surface area contributed by atoms with E-state index in [9.17, 15) is 0 Å². The smallest absolute Gasteiger partial charge is 0.165 e. The molecule has 0 aliphatic heterocycles. The lowest BCUT2D eigenvalue weighted by atomic mass is 10.4. The van der Waals surface area contributed by atoms with Crippen LogP contribution in [0.1, 0.15) is 13.3 Å². The third kappa shape index (κ3) is 2.11. The molecule has 0 aromatic carbocycles. The predicted molar refractivity (Wildman–Crippen MR) is 62.9 cm³/mol. The van der Waals surface area contributed by atoms with Gasteiger partial charge in [-0.15, -0.1) is 0 Å². The first-order chi connectivity index (χ1) is 7.83. The third-order valence-electron chi connectivity index (χ3n) is 2.39. The van der Waals surface area contributed by atoms with Crippen LogP contribution in [0.5, 0.6) is 0 Å². The van der Waals surface area contributed by atoms with Gasteiger partial charge in [-0.25, -0.2) is 15.0 Å². The Morgan fingerprint density at radius 2 is 2.19 bits per heavy atom. The van der Waals surface area contributed by atoms with Gasteiger partial charge in [0.2, 0.25) is 0 Å². The van der Waals surface area contributed by atoms with Crippen molar-refractivity contribution in [2.75, 3.05) is 18.8 Å². The first-order valence-electron chi connectivity index (χ1n) is 5.45. The molecular formula is C10H16N6. The Balaban J connectivity index is 2.10. The first-order valence-corrected chi connectivity index (χ1v) is 5.45. The van der Waals surface area contributed by atoms with Gasteiger partial charge < -0.3 is 15.6 Å². The summed E-state index contributed by atoms with van der Waals surface area (Å²) in [5.74, 6) is 0.435. The maximum atomic E-state index is 5.70. The lowest BCUT2D eigenvalue weighted by Crippen LogP contribution is -2.20. The quantitative estimate of drug-likeness (QED) is 0.713. The summed E-state index contributed by atoms with van der Waals surface area (Å²) in [5, 5.41) is 3.33. The van der Waals surface area contributed by atoms with E-state index in [-0.39, 0.29) is 0 Å². The maximum Gasteiger partial charge on any atom is 0.165 e. The lowest BCUT2D eigenvalue weighted by Gasteiger charge is -2.04. The van der Waals surface area contributed by atoms with Crippen molar-refractivity contribution in [2.45, 2.75) is 19.9 Å². The van der Waals surface area contributed by atoms with Gasteiger partial charge in [-0.05, 0) is 13.0 Å². The van der Waals surface area contributed by atoms with Crippen LogP contribution in [0.4, 0.5) is 5.82 Å². The molecule has 0 saturated heterocycles. The molecule has 0 unspecified atom stereocenters. The van der Waals surface area contributed by atoms with Crippen molar-refractivity contribution >= 4 is 17.0 Å². The highest BCUT2D eigenvalue weighted by Gasteiger charge is 2.06. The van der Waals surface area contributed by atoms with Crippen molar-refractivity contribution in [1.82, 2.24) is 24.8 Å². The average Bonchev–Trinajstić information content (AvgIpc) is 2.70. The van der Waals surface area contributed by atoms with Gasteiger partial charge in [-0.2, -0.15) is 0 Å². The highest BCUT2D eigenvalue weighted by molar-refractivity contribution is 5.80. The van der Waals surface area contributed by atoms with Crippen LogP contribution in [0, 0.1) is 0 Å². The summed E-state index contributed by atoms with van der Waals surface area (Å²) in [6.07, 6.45) is 4.36. The molecule has 0 spiro atoms. The number of nitrogens with two attached hydrogens (primary N) is 1. The Labute approximate surface area is 93.9 Å². The largest absolute Gasteiger partial charge is 0.382 e. The molecule has 2 rings (SSSR count). The average molecular weight is 220 g/mol. The standard InChI is InChI=1S/C10H16N6/c1-2-3-12-4-5-16-7-15-8-9(11)13-6-14-10(8)16/h6-7,12H,2-5H2,1H3,(H2,11,13,14). The van der Waals surface area contributed by atoms with Crippen molar-refractivity contribution in [3.63, 3.8) is 0 Å². The van der Waals surface area contributed by atoms with Gasteiger partial charge >= 0.3 is 0 Å². The zero-order valence-corrected chi connectivity index (χ0v) is 9.35. The number of rotatable bonds is 5. The van der Waals surface area contributed by atoms with Crippen LogP contribution >= 0.6 is 0 Å². The second-order valence-electron chi connectivity index (χ2n) is 3.62. The van der Waals surface area contributed by atoms with Crippen LogP contribution < -0.4 is 11.1 Å². The molecule has 2 aromatic rings. The van der Waals surface area contributed by atoms with E-state index in [0.717, 1.165) is 31.7 Å². The minimum absolute atomic E-state index is 0.435. The van der Waals surface area contributed by atoms with Gasteiger partial charge in [0, 0.05) is 13.1 Å². The Morgan fingerprint density at radius 3 is 3.00 bits per heavy atom. The lowest BCUT2D eigenvalue weighted by molar-refractivity contribution is 0.600. The maximum absolute atomic E-state index is 5.70. The number of fused-ring (bicyclic) bond motifs is 1. The van der Waals surface area contributed by atoms with Gasteiger partial charge in [-0.1, -0.05) is 6.92 Å². The third-order valence-corrected chi connectivity index (χ3v) is 2.39. The topological polar surface area (TPSA) is 81.7 Å². The monoisotopic (exact) mass is 220 g/mol. The number of nitrogens with one attached hydrogen (secondary N) is 1. The number of anilines is 1. The minimum Gasteiger partial charge on any atom is -0.382 e. The van der Waals surface area contributed by atoms with Gasteiger partial charge in [0.15, 0.2) is 11.5 Å². The van der Waals surface area contributed by atoms with Crippen LogP contribution in [0.25, 0.3) is 11.2 Å². The molecule has 0 atom stereocenters. The van der Waals surface area contributed by atoms with Gasteiger partial charge in [0.1, 0.15) is 11.8 Å². The van der Waals surface area contributed by atoms with Gasteiger partial charge in [-0.3, -0.25) is 0 Å². The van der Waals surface area contributed by atoms with Crippen LogP contribution in [-0.4, -0.2) is 32.6 Å². The van der Waals surface area contributed by atoms with Crippen LogP contribution in [0.3, 0.4) is 0 Å². The Bertz CT molecular complexity index is 463. The Morgan fingerprint density at radius 1 is 1.31 bits per heavy atom. The molecule has 0 amide bonds. The van der Waals surface area contributed by atoms with E-state index in [4.69, 9.17) is 5.73 Å². The van der Waals surface area contributed by atoms with E-state index in [1.54, 1.807) is 6.33 Å². The fourth-order valence-electron chi connectivity index (χ4n) is 1.56. The van der Waals surface area contributed by atoms with Crippen LogP contribution in [0.2, 0.25) is 0 Å². The molecule has 0 aliphatic carbocycles. The molecule has 0 aliphatic rings. The Kier molecular flexibility index (Phi) is 3.31. The molecule has 6 heteroatoms. The van der Waals surface area contributed by atoms with Crippen molar-refractivity contribution < 1.29 is 0 Å². The van der Waals surface area contributed by atoms with Gasteiger partial charge in [0.05, 0.1) is 6.33 Å². The van der Waals surface area contributed by atoms with Gasteiger partial charge in [0.25, 0.3) is 0 Å². The van der Waals surface area contributed by atoms with Crippen molar-refractivity contribution in [3.05, 3.63) is 12.7 Å². The molecule has 0 radical (unpaired) electrons. The van der Waals surface area contributed by atoms with E-state index in [1.807, 2.05) is 4.57 Å². The van der Waals surface area contributed by atoms with Crippen molar-refractivity contribution in [3.8, 4) is 0 Å². The summed E-state index contributed by atoms with van der Waals surface area (Å²) in [5.41, 5.74) is 7.18. The predicted octanol–water partition coefficient (Wildman–Crippen LogP) is 0.408. The summed E-state index contributed by atoms with van der Waals surface area (Å²) < 4.78 is 1.98. The summed E-state index contributed by atoms with van der Waals surface area (Å²) >= 11 is 0. The van der Waals surface area contributed by atoms with Crippen molar-refractivity contribution in [2.24, 2.45) is 0 Å². The summed E-state index contributed by atoms with van der Waals surface area (Å²) in [7, 11) is 0. The minimum atomic E-state index is 0.435. The summed E-state index contributed by atoms with van der Waals surface area (Å²) in [6.45, 7) is 4.92. The number of nitrogen functional groups attached to an aromatic ring is 1. The molecule has 16 heavy (non-hydrogen) atoms. The molecule has 3 N–H and O–H groups in total. The molecule has 0 fully saturated rings. The zero-order chi connectivity index (χ0) is 11.4. The first kappa shape index (κ1) is 10.8. The molecular weight excluding hydrogens is 204 g/mol. The number of hydrogen-bond acceptors (Lipinski definition) is 5. The molecule has 2 aromatic heterocycles. The normalized spacial score (nSPS) is 11.1. The SMILES string of the molecule is CCCNCCn1cnc2c(N)ncnc21. The second-order valence-corrected chi connectivity index (χ2v) is 3.62. The number of nitrogens with zero attached hydrogens (tertiary/aromatic N) is 4. The molecule has 0 saturated carbocycles. The van der Waals surface area contributed by atoms with Crippen molar-refractivity contribution in [1.29, 1.82) is 0 Å². The summed E-state index contributed by atoms with van der Waals surface area (Å²) in [4.78, 5) is 12.3. The highest BCUT2D eigenvalue weighted by atomic mass is 15.1. The molecule has 0 bridgehead atoms. The van der Waals surface area contributed by atoms with E-state index >= 15 is 0 Å². The molecule has 6 nitrogen and oxygen atoms in total. The fourth-order valence-corrected chi connectivity index (χ4v) is 1.56. The Hall–Kier alpha value is -1.69. The number of aromatic nitrogens is 4. The molecule has 86 valence electrons. The number of imidazole rings is 1. The second kappa shape index (κ2) is 4.89. The molecule has 2 heterocycles. The number of hydrogen-bond donors (Lipinski definition) is 2. The van der Waals surface area contributed by atoms with Crippen LogP contribution in [-0.2, 0) is 6.54 Å². The van der Waals surface area contributed by atoms with Crippen LogP contribution in [0.15, 0.2) is 12.7 Å². The van der Waals surface area contributed by atoms with E-state index in [2.05, 4.69) is 27.2 Å². The van der Waals surface area contributed by atoms with E-state index in [0.29, 0.717) is 11.3 Å². The van der Waals surface area contributed by atoms with E-state index in [1.165, 1.54) is 6.33 Å². The fraction of sp³-hybridized carbons (Fsp3) is 0.500. The highest BCUT2D eigenvalue weighted by Crippen LogP contribution is 2.13. The summed E-state index contributed by atoms with van der Waals surface area (Å²) in [6, 6.07) is 0. The van der Waals surface area contributed by atoms with E-state index < -0.39 is 0 Å².